The number of nitrogens with zero attached hydrogens (tertiary/aromatic N) is 1. The molecule has 1 heterocycles. The van der Waals surface area contributed by atoms with E-state index in [1.54, 1.807) is 14.2 Å². The van der Waals surface area contributed by atoms with E-state index in [2.05, 4.69) is 33.0 Å². The zero-order chi connectivity index (χ0) is 22.8. The van der Waals surface area contributed by atoms with Crippen LogP contribution in [0.4, 0.5) is 0 Å². The number of imide groups is 1. The molecule has 0 bridgehead atoms. The maximum absolute atomic E-state index is 12.3. The predicted octanol–water partition coefficient (Wildman–Crippen LogP) is 2.94. The summed E-state index contributed by atoms with van der Waals surface area (Å²) in [5.74, 6) is -0.326. The number of carbonyl (C=O) groups excluding carboxylic acids is 3. The molecule has 30 heavy (non-hydrogen) atoms. The van der Waals surface area contributed by atoms with E-state index in [9.17, 15) is 14.4 Å². The van der Waals surface area contributed by atoms with Crippen LogP contribution in [0.5, 0.6) is 0 Å². The molecule has 0 saturated heterocycles. The minimum Gasteiger partial charge on any atom is -0.384 e. The van der Waals surface area contributed by atoms with Crippen LogP contribution in [0.2, 0.25) is 0 Å². The van der Waals surface area contributed by atoms with Crippen LogP contribution in [-0.2, 0) is 23.9 Å². The van der Waals surface area contributed by atoms with Gasteiger partial charge in [0.05, 0.1) is 13.2 Å². The molecule has 0 aliphatic carbocycles. The summed E-state index contributed by atoms with van der Waals surface area (Å²) in [6.07, 6.45) is 6.24. The van der Waals surface area contributed by atoms with Gasteiger partial charge in [-0.25, -0.2) is 0 Å². The van der Waals surface area contributed by atoms with Crippen LogP contribution < -0.4 is 5.32 Å². The second-order valence-corrected chi connectivity index (χ2v) is 9.87. The van der Waals surface area contributed by atoms with E-state index < -0.39 is 0 Å². The first-order valence-corrected chi connectivity index (χ1v) is 10.8. The molecule has 172 valence electrons. The van der Waals surface area contributed by atoms with Crippen molar-refractivity contribution in [2.75, 3.05) is 40.5 Å². The van der Waals surface area contributed by atoms with Crippen molar-refractivity contribution in [3.8, 4) is 0 Å². The summed E-state index contributed by atoms with van der Waals surface area (Å²) in [4.78, 5) is 36.6. The van der Waals surface area contributed by atoms with E-state index in [1.165, 1.54) is 17.1 Å². The highest BCUT2D eigenvalue weighted by atomic mass is 16.5. The molecule has 0 aromatic rings. The Morgan fingerprint density at radius 3 is 2.17 bits per heavy atom. The van der Waals surface area contributed by atoms with E-state index in [-0.39, 0.29) is 35.1 Å². The normalized spacial score (nSPS) is 15.7. The van der Waals surface area contributed by atoms with Gasteiger partial charge < -0.3 is 14.8 Å². The van der Waals surface area contributed by atoms with Gasteiger partial charge in [-0.2, -0.15) is 0 Å². The summed E-state index contributed by atoms with van der Waals surface area (Å²) in [6, 6.07) is 0. The van der Waals surface area contributed by atoms with Gasteiger partial charge in [0.25, 0.3) is 11.8 Å². The number of methoxy groups -OCH3 is 2. The van der Waals surface area contributed by atoms with Crippen LogP contribution in [-0.4, -0.2) is 63.1 Å². The van der Waals surface area contributed by atoms with Crippen molar-refractivity contribution in [1.29, 1.82) is 0 Å². The molecular weight excluding hydrogens is 384 g/mol. The quantitative estimate of drug-likeness (QED) is 0.409. The van der Waals surface area contributed by atoms with Crippen molar-refractivity contribution in [2.45, 2.75) is 59.8 Å². The minimum absolute atomic E-state index is 0.0268. The molecule has 0 fully saturated rings. The highest BCUT2D eigenvalue weighted by molar-refractivity contribution is 6.12. The van der Waals surface area contributed by atoms with Gasteiger partial charge in [-0.05, 0) is 42.4 Å². The minimum atomic E-state index is -0.306. The zero-order valence-corrected chi connectivity index (χ0v) is 19.6. The average molecular weight is 425 g/mol. The second kappa shape index (κ2) is 12.2. The molecule has 0 spiro atoms. The van der Waals surface area contributed by atoms with E-state index in [0.29, 0.717) is 38.5 Å². The van der Waals surface area contributed by atoms with Crippen molar-refractivity contribution < 1.29 is 23.9 Å². The van der Waals surface area contributed by atoms with Gasteiger partial charge in [-0.3, -0.25) is 19.3 Å². The molecule has 1 unspecified atom stereocenters. The van der Waals surface area contributed by atoms with Crippen molar-refractivity contribution in [3.63, 3.8) is 0 Å². The Kier molecular flexibility index (Phi) is 10.7. The van der Waals surface area contributed by atoms with Gasteiger partial charge >= 0.3 is 0 Å². The number of hydrogen-bond donors (Lipinski definition) is 1. The summed E-state index contributed by atoms with van der Waals surface area (Å²) >= 11 is 0. The summed E-state index contributed by atoms with van der Waals surface area (Å²) in [7, 11) is 3.44. The fraction of sp³-hybridized carbons (Fsp3) is 0.783. The van der Waals surface area contributed by atoms with Gasteiger partial charge in [-0.1, -0.05) is 27.7 Å². The molecule has 0 radical (unpaired) electrons. The average Bonchev–Trinajstić information content (AvgIpc) is 2.95. The third kappa shape index (κ3) is 9.85. The fourth-order valence-corrected chi connectivity index (χ4v) is 3.96. The van der Waals surface area contributed by atoms with Crippen LogP contribution in [0, 0.1) is 16.7 Å². The number of nitrogens with one attached hydrogen (secondary N) is 1. The van der Waals surface area contributed by atoms with Crippen LogP contribution in [0.1, 0.15) is 59.8 Å². The third-order valence-electron chi connectivity index (χ3n) is 5.41. The van der Waals surface area contributed by atoms with E-state index in [1.807, 2.05) is 0 Å². The molecule has 7 heteroatoms. The number of carbonyl (C=O) groups is 3. The highest BCUT2D eigenvalue weighted by Gasteiger charge is 2.27. The van der Waals surface area contributed by atoms with Crippen molar-refractivity contribution in [2.24, 2.45) is 16.7 Å². The van der Waals surface area contributed by atoms with Gasteiger partial charge in [0, 0.05) is 45.9 Å². The summed E-state index contributed by atoms with van der Waals surface area (Å²) in [5.41, 5.74) is 0.115. The van der Waals surface area contributed by atoms with E-state index >= 15 is 0 Å². The Hall–Kier alpha value is -1.73. The maximum atomic E-state index is 12.3. The van der Waals surface area contributed by atoms with Gasteiger partial charge in [0.2, 0.25) is 5.91 Å². The molecule has 0 aromatic heterocycles. The Morgan fingerprint density at radius 2 is 1.60 bits per heavy atom. The van der Waals surface area contributed by atoms with Crippen molar-refractivity contribution >= 4 is 17.7 Å². The largest absolute Gasteiger partial charge is 0.384 e. The molecule has 1 N–H and O–H groups in total. The molecule has 1 aliphatic rings. The monoisotopic (exact) mass is 424 g/mol. The predicted molar refractivity (Wildman–Crippen MR) is 117 cm³/mol. The van der Waals surface area contributed by atoms with Crippen molar-refractivity contribution in [3.05, 3.63) is 12.2 Å². The lowest BCUT2D eigenvalue weighted by Gasteiger charge is -2.32. The van der Waals surface area contributed by atoms with Gasteiger partial charge in [0.15, 0.2) is 0 Å². The molecule has 3 amide bonds. The van der Waals surface area contributed by atoms with Crippen LogP contribution in [0.3, 0.4) is 0 Å². The number of hydrogen-bond acceptors (Lipinski definition) is 5. The van der Waals surface area contributed by atoms with Crippen LogP contribution in [0.25, 0.3) is 0 Å². The first kappa shape index (κ1) is 26.3. The van der Waals surface area contributed by atoms with Gasteiger partial charge in [0.1, 0.15) is 0 Å². The standard InChI is InChI=1S/C23H40N2O5/c1-22(2,16-29-5)12-11-18(14-23(3,4)17-30-6)15-24-19(26)8-7-13-25-20(27)9-10-21(25)28/h9-10,18H,7-8,11-17H2,1-6H3,(H,24,26). The first-order chi connectivity index (χ1) is 14.0. The fourth-order valence-electron chi connectivity index (χ4n) is 3.96. The lowest BCUT2D eigenvalue weighted by atomic mass is 9.78. The molecule has 1 rings (SSSR count). The molecular formula is C23H40N2O5. The Bertz CT molecular complexity index is 595. The third-order valence-corrected chi connectivity index (χ3v) is 5.41. The van der Waals surface area contributed by atoms with Crippen LogP contribution >= 0.6 is 0 Å². The summed E-state index contributed by atoms with van der Waals surface area (Å²) in [6.45, 7) is 11.0. The summed E-state index contributed by atoms with van der Waals surface area (Å²) in [5, 5.41) is 3.05. The lowest BCUT2D eigenvalue weighted by molar-refractivity contribution is -0.137. The molecule has 7 nitrogen and oxygen atoms in total. The molecule has 0 saturated carbocycles. The summed E-state index contributed by atoms with van der Waals surface area (Å²) < 4.78 is 10.7. The van der Waals surface area contributed by atoms with Crippen molar-refractivity contribution in [1.82, 2.24) is 10.2 Å². The SMILES string of the molecule is COCC(C)(C)CCC(CNC(=O)CCCN1C(=O)C=CC1=O)CC(C)(C)COC. The zero-order valence-electron chi connectivity index (χ0n) is 19.6. The Morgan fingerprint density at radius 1 is 1.03 bits per heavy atom. The Balaban J connectivity index is 2.51. The highest BCUT2D eigenvalue weighted by Crippen LogP contribution is 2.32. The topological polar surface area (TPSA) is 84.9 Å². The molecule has 1 atom stereocenters. The first-order valence-electron chi connectivity index (χ1n) is 10.8. The number of amides is 3. The van der Waals surface area contributed by atoms with Crippen LogP contribution in [0.15, 0.2) is 12.2 Å². The second-order valence-electron chi connectivity index (χ2n) is 9.87. The molecule has 1 aliphatic heterocycles. The Labute approximate surface area is 181 Å². The van der Waals surface area contributed by atoms with Gasteiger partial charge in [-0.15, -0.1) is 0 Å². The lowest BCUT2D eigenvalue weighted by Crippen LogP contribution is -2.35. The number of ether oxygens (including phenoxy) is 2. The van der Waals surface area contributed by atoms with E-state index in [0.717, 1.165) is 19.3 Å². The molecule has 0 aromatic carbocycles. The smallest absolute Gasteiger partial charge is 0.253 e. The number of rotatable bonds is 15. The maximum Gasteiger partial charge on any atom is 0.253 e. The van der Waals surface area contributed by atoms with E-state index in [4.69, 9.17) is 9.47 Å².